The Morgan fingerprint density at radius 3 is 2.72 bits per heavy atom. The zero-order valence-corrected chi connectivity index (χ0v) is 11.0. The number of benzene rings is 1. The number of aldehydes is 1. The van der Waals surface area contributed by atoms with Crippen LogP contribution in [-0.4, -0.2) is 6.29 Å². The highest BCUT2D eigenvalue weighted by Gasteiger charge is 2.05. The van der Waals surface area contributed by atoms with Gasteiger partial charge in [0.2, 0.25) is 0 Å². The number of aryl methyl sites for hydroxylation is 1. The molecule has 0 fully saturated rings. The predicted octanol–water partition coefficient (Wildman–Crippen LogP) is 4.51. The van der Waals surface area contributed by atoms with Crippen LogP contribution in [0.2, 0.25) is 5.02 Å². The van der Waals surface area contributed by atoms with E-state index in [4.69, 9.17) is 16.0 Å². The average Bonchev–Trinajstić information content (AvgIpc) is 2.81. The minimum absolute atomic E-state index is 0.623. The van der Waals surface area contributed by atoms with Crippen LogP contribution in [0.25, 0.3) is 17.4 Å². The zero-order chi connectivity index (χ0) is 13.1. The van der Waals surface area contributed by atoms with Gasteiger partial charge >= 0.3 is 0 Å². The molecule has 2 rings (SSSR count). The molecular weight excluding hydrogens is 248 g/mol. The quantitative estimate of drug-likeness (QED) is 0.600. The monoisotopic (exact) mass is 260 g/mol. The van der Waals surface area contributed by atoms with Gasteiger partial charge in [0.25, 0.3) is 0 Å². The molecule has 0 aliphatic carbocycles. The molecule has 2 aromatic rings. The van der Waals surface area contributed by atoms with Crippen molar-refractivity contribution < 1.29 is 9.21 Å². The van der Waals surface area contributed by atoms with Gasteiger partial charge in [-0.2, -0.15) is 0 Å². The van der Waals surface area contributed by atoms with Crippen molar-refractivity contribution in [3.63, 3.8) is 0 Å². The van der Waals surface area contributed by atoms with Gasteiger partial charge in [0, 0.05) is 10.6 Å². The Labute approximate surface area is 111 Å². The molecule has 0 radical (unpaired) electrons. The van der Waals surface area contributed by atoms with Crippen LogP contribution >= 0.6 is 11.6 Å². The van der Waals surface area contributed by atoms with Crippen molar-refractivity contribution in [2.24, 2.45) is 0 Å². The van der Waals surface area contributed by atoms with E-state index in [0.717, 1.165) is 23.2 Å². The lowest BCUT2D eigenvalue weighted by atomic mass is 10.1. The molecule has 0 spiro atoms. The molecule has 18 heavy (non-hydrogen) atoms. The van der Waals surface area contributed by atoms with Crippen LogP contribution in [0.5, 0.6) is 0 Å². The molecule has 0 amide bonds. The Morgan fingerprint density at radius 2 is 2.06 bits per heavy atom. The summed E-state index contributed by atoms with van der Waals surface area (Å²) in [6, 6.07) is 9.48. The molecule has 1 aromatic carbocycles. The van der Waals surface area contributed by atoms with Crippen LogP contribution in [0.15, 0.2) is 40.3 Å². The van der Waals surface area contributed by atoms with E-state index < -0.39 is 0 Å². The largest absolute Gasteiger partial charge is 0.457 e. The van der Waals surface area contributed by atoms with Crippen LogP contribution in [0, 0.1) is 6.92 Å². The second-order valence-electron chi connectivity index (χ2n) is 4.17. The highest BCUT2D eigenvalue weighted by atomic mass is 35.5. The number of furan rings is 1. The lowest BCUT2D eigenvalue weighted by Gasteiger charge is -2.00. The summed E-state index contributed by atoms with van der Waals surface area (Å²) in [6.45, 7) is 3.69. The van der Waals surface area contributed by atoms with Crippen molar-refractivity contribution in [2.75, 3.05) is 0 Å². The van der Waals surface area contributed by atoms with E-state index in [2.05, 4.69) is 0 Å². The molecule has 2 nitrogen and oxygen atoms in total. The number of halogens is 1. The van der Waals surface area contributed by atoms with E-state index in [1.54, 1.807) is 13.0 Å². The third-order valence-corrected chi connectivity index (χ3v) is 3.05. The van der Waals surface area contributed by atoms with Crippen molar-refractivity contribution in [3.8, 4) is 11.3 Å². The van der Waals surface area contributed by atoms with E-state index in [1.807, 2.05) is 37.3 Å². The fourth-order valence-corrected chi connectivity index (χ4v) is 1.77. The summed E-state index contributed by atoms with van der Waals surface area (Å²) in [5.41, 5.74) is 2.58. The fourth-order valence-electron chi connectivity index (χ4n) is 1.59. The van der Waals surface area contributed by atoms with Gasteiger partial charge in [0.05, 0.1) is 0 Å². The van der Waals surface area contributed by atoms with Gasteiger partial charge in [0.1, 0.15) is 17.8 Å². The second kappa shape index (κ2) is 5.23. The minimum Gasteiger partial charge on any atom is -0.457 e. The van der Waals surface area contributed by atoms with Crippen molar-refractivity contribution >= 4 is 24.0 Å². The first-order valence-electron chi connectivity index (χ1n) is 5.60. The van der Waals surface area contributed by atoms with Crippen LogP contribution < -0.4 is 0 Å². The smallest absolute Gasteiger partial charge is 0.145 e. The number of carbonyl (C=O) groups is 1. The molecule has 1 heterocycles. The molecule has 0 aliphatic heterocycles. The van der Waals surface area contributed by atoms with Gasteiger partial charge < -0.3 is 4.42 Å². The maximum atomic E-state index is 10.5. The van der Waals surface area contributed by atoms with Gasteiger partial charge in [0.15, 0.2) is 0 Å². The maximum Gasteiger partial charge on any atom is 0.145 e. The molecule has 0 unspecified atom stereocenters. The summed E-state index contributed by atoms with van der Waals surface area (Å²) < 4.78 is 5.64. The fraction of sp³-hybridized carbons (Fsp3) is 0.133. The number of allylic oxidation sites excluding steroid dienone is 1. The van der Waals surface area contributed by atoms with Crippen molar-refractivity contribution in [1.29, 1.82) is 0 Å². The van der Waals surface area contributed by atoms with Gasteiger partial charge in [-0.25, -0.2) is 0 Å². The van der Waals surface area contributed by atoms with Crippen molar-refractivity contribution in [1.82, 2.24) is 0 Å². The maximum absolute atomic E-state index is 10.5. The number of hydrogen-bond acceptors (Lipinski definition) is 2. The van der Waals surface area contributed by atoms with Crippen molar-refractivity contribution in [2.45, 2.75) is 13.8 Å². The van der Waals surface area contributed by atoms with Crippen LogP contribution in [0.3, 0.4) is 0 Å². The topological polar surface area (TPSA) is 30.2 Å². The third kappa shape index (κ3) is 2.71. The Bertz CT molecular complexity index is 609. The molecular formula is C15H13ClO2. The molecule has 0 atom stereocenters. The second-order valence-corrected chi connectivity index (χ2v) is 4.58. The van der Waals surface area contributed by atoms with Crippen LogP contribution in [-0.2, 0) is 4.79 Å². The summed E-state index contributed by atoms with van der Waals surface area (Å²) in [6.07, 6.45) is 2.50. The number of carbonyl (C=O) groups excluding carboxylic acids is 1. The zero-order valence-electron chi connectivity index (χ0n) is 10.2. The number of hydrogen-bond donors (Lipinski definition) is 0. The standard InChI is InChI=1S/C15H13ClO2/c1-10(9-17)7-13-5-6-15(18-13)12-4-3-11(2)14(16)8-12/h3-9H,1-2H3. The summed E-state index contributed by atoms with van der Waals surface area (Å²) in [4.78, 5) is 10.5. The first-order chi connectivity index (χ1) is 8.60. The van der Waals surface area contributed by atoms with Crippen LogP contribution in [0.1, 0.15) is 18.2 Å². The minimum atomic E-state index is 0.623. The Balaban J connectivity index is 2.35. The van der Waals surface area contributed by atoms with E-state index in [1.165, 1.54) is 0 Å². The van der Waals surface area contributed by atoms with E-state index in [-0.39, 0.29) is 0 Å². The lowest BCUT2D eigenvalue weighted by Crippen LogP contribution is -1.78. The average molecular weight is 261 g/mol. The first-order valence-corrected chi connectivity index (χ1v) is 5.98. The Morgan fingerprint density at radius 1 is 1.28 bits per heavy atom. The van der Waals surface area contributed by atoms with E-state index >= 15 is 0 Å². The Hall–Kier alpha value is -1.80. The van der Waals surface area contributed by atoms with Gasteiger partial charge in [-0.1, -0.05) is 23.7 Å². The molecule has 92 valence electrons. The highest BCUT2D eigenvalue weighted by Crippen LogP contribution is 2.27. The van der Waals surface area contributed by atoms with Gasteiger partial charge in [-0.3, -0.25) is 4.79 Å². The predicted molar refractivity (Wildman–Crippen MR) is 73.6 cm³/mol. The highest BCUT2D eigenvalue weighted by molar-refractivity contribution is 6.31. The summed E-state index contributed by atoms with van der Waals surface area (Å²) in [5.74, 6) is 1.40. The van der Waals surface area contributed by atoms with Gasteiger partial charge in [-0.15, -0.1) is 0 Å². The first kappa shape index (κ1) is 12.7. The molecule has 0 aliphatic rings. The lowest BCUT2D eigenvalue weighted by molar-refractivity contribution is -0.104. The SMILES string of the molecule is CC(C=O)=Cc1ccc(-c2ccc(C)c(Cl)c2)o1. The Kier molecular flexibility index (Phi) is 3.68. The molecule has 0 saturated heterocycles. The summed E-state index contributed by atoms with van der Waals surface area (Å²) >= 11 is 6.08. The summed E-state index contributed by atoms with van der Waals surface area (Å²) in [7, 11) is 0. The van der Waals surface area contributed by atoms with E-state index in [9.17, 15) is 4.79 Å². The molecule has 0 saturated carbocycles. The van der Waals surface area contributed by atoms with E-state index in [0.29, 0.717) is 16.4 Å². The molecule has 0 N–H and O–H groups in total. The molecule has 3 heteroatoms. The normalized spacial score (nSPS) is 11.6. The number of rotatable bonds is 3. The molecule has 0 bridgehead atoms. The third-order valence-electron chi connectivity index (χ3n) is 2.64. The van der Waals surface area contributed by atoms with Crippen molar-refractivity contribution in [3.05, 3.63) is 52.3 Å². The molecule has 1 aromatic heterocycles. The summed E-state index contributed by atoms with van der Waals surface area (Å²) in [5, 5.41) is 0.713. The van der Waals surface area contributed by atoms with Crippen LogP contribution in [0.4, 0.5) is 0 Å². The van der Waals surface area contributed by atoms with Gasteiger partial charge in [-0.05, 0) is 49.3 Å².